The molecule has 0 radical (unpaired) electrons. The highest BCUT2D eigenvalue weighted by Crippen LogP contribution is 2.24. The van der Waals surface area contributed by atoms with Gasteiger partial charge < -0.3 is 0 Å². The molecule has 3 nitrogen and oxygen atoms in total. The highest BCUT2D eigenvalue weighted by molar-refractivity contribution is 7.98. The third-order valence-corrected chi connectivity index (χ3v) is 4.23. The SMILES string of the molecule is Cc1ccc(CSc2cc(-c3ccccn3)nc(C)n2)cc1. The summed E-state index contributed by atoms with van der Waals surface area (Å²) in [6.45, 7) is 4.02. The fraction of sp³-hybridized carbons (Fsp3) is 0.167. The van der Waals surface area contributed by atoms with E-state index in [1.807, 2.05) is 31.2 Å². The second kappa shape index (κ2) is 6.71. The van der Waals surface area contributed by atoms with E-state index in [1.54, 1.807) is 18.0 Å². The van der Waals surface area contributed by atoms with Crippen LogP contribution in [-0.4, -0.2) is 15.0 Å². The lowest BCUT2D eigenvalue weighted by Gasteiger charge is -2.06. The van der Waals surface area contributed by atoms with E-state index < -0.39 is 0 Å². The van der Waals surface area contributed by atoms with Crippen molar-refractivity contribution in [1.82, 2.24) is 15.0 Å². The molecule has 110 valence electrons. The van der Waals surface area contributed by atoms with E-state index >= 15 is 0 Å². The number of benzene rings is 1. The molecule has 0 N–H and O–H groups in total. The van der Waals surface area contributed by atoms with Gasteiger partial charge in [0.2, 0.25) is 0 Å². The zero-order chi connectivity index (χ0) is 15.4. The Morgan fingerprint density at radius 3 is 2.45 bits per heavy atom. The first-order chi connectivity index (χ1) is 10.7. The van der Waals surface area contributed by atoms with Crippen LogP contribution in [0.1, 0.15) is 17.0 Å². The Hall–Kier alpha value is -2.20. The van der Waals surface area contributed by atoms with Gasteiger partial charge in [-0.05, 0) is 37.6 Å². The van der Waals surface area contributed by atoms with E-state index in [0.717, 1.165) is 28.0 Å². The van der Waals surface area contributed by atoms with Crippen LogP contribution in [0.15, 0.2) is 59.8 Å². The predicted octanol–water partition coefficient (Wildman–Crippen LogP) is 4.45. The molecule has 0 saturated heterocycles. The molecule has 4 heteroatoms. The zero-order valence-electron chi connectivity index (χ0n) is 12.7. The van der Waals surface area contributed by atoms with Gasteiger partial charge in [-0.25, -0.2) is 9.97 Å². The summed E-state index contributed by atoms with van der Waals surface area (Å²) >= 11 is 1.72. The summed E-state index contributed by atoms with van der Waals surface area (Å²) in [4.78, 5) is 13.4. The zero-order valence-corrected chi connectivity index (χ0v) is 13.5. The van der Waals surface area contributed by atoms with Crippen LogP contribution in [0, 0.1) is 13.8 Å². The van der Waals surface area contributed by atoms with Gasteiger partial charge in [-0.2, -0.15) is 0 Å². The van der Waals surface area contributed by atoms with Gasteiger partial charge in [-0.1, -0.05) is 35.9 Å². The van der Waals surface area contributed by atoms with E-state index in [0.29, 0.717) is 0 Å². The summed E-state index contributed by atoms with van der Waals surface area (Å²) in [5.74, 6) is 1.67. The van der Waals surface area contributed by atoms with Gasteiger partial charge in [0, 0.05) is 11.9 Å². The summed E-state index contributed by atoms with van der Waals surface area (Å²) in [5.41, 5.74) is 4.33. The van der Waals surface area contributed by atoms with Crippen LogP contribution in [0.25, 0.3) is 11.4 Å². The number of rotatable bonds is 4. The Morgan fingerprint density at radius 1 is 0.909 bits per heavy atom. The predicted molar refractivity (Wildman–Crippen MR) is 90.7 cm³/mol. The van der Waals surface area contributed by atoms with Crippen LogP contribution in [0.5, 0.6) is 0 Å². The van der Waals surface area contributed by atoms with Crippen LogP contribution in [0.2, 0.25) is 0 Å². The molecule has 0 spiro atoms. The molecule has 0 aliphatic carbocycles. The van der Waals surface area contributed by atoms with Gasteiger partial charge in [0.25, 0.3) is 0 Å². The number of aromatic nitrogens is 3. The third kappa shape index (κ3) is 3.71. The average molecular weight is 307 g/mol. The molecule has 3 aromatic rings. The van der Waals surface area contributed by atoms with Gasteiger partial charge in [0.15, 0.2) is 0 Å². The van der Waals surface area contributed by atoms with Crippen molar-refractivity contribution in [2.75, 3.05) is 0 Å². The molecular formula is C18H17N3S. The van der Waals surface area contributed by atoms with Gasteiger partial charge in [0.05, 0.1) is 11.4 Å². The molecule has 1 aromatic carbocycles. The van der Waals surface area contributed by atoms with Crippen LogP contribution < -0.4 is 0 Å². The molecule has 0 atom stereocenters. The Kier molecular flexibility index (Phi) is 4.49. The summed E-state index contributed by atoms with van der Waals surface area (Å²) in [6.07, 6.45) is 1.78. The maximum Gasteiger partial charge on any atom is 0.127 e. The molecule has 2 heterocycles. The van der Waals surface area contributed by atoms with Crippen LogP contribution in [-0.2, 0) is 5.75 Å². The van der Waals surface area contributed by atoms with Crippen molar-refractivity contribution in [2.45, 2.75) is 24.6 Å². The molecule has 3 rings (SSSR count). The van der Waals surface area contributed by atoms with Gasteiger partial charge in [0.1, 0.15) is 10.9 Å². The van der Waals surface area contributed by atoms with E-state index in [2.05, 4.69) is 46.1 Å². The van der Waals surface area contributed by atoms with Crippen LogP contribution in [0.4, 0.5) is 0 Å². The number of aryl methyl sites for hydroxylation is 2. The summed E-state index contributed by atoms with van der Waals surface area (Å²) in [6, 6.07) is 16.5. The van der Waals surface area contributed by atoms with Crippen molar-refractivity contribution >= 4 is 11.8 Å². The Bertz CT molecular complexity index is 755. The Morgan fingerprint density at radius 2 is 1.73 bits per heavy atom. The monoisotopic (exact) mass is 307 g/mol. The molecule has 0 bridgehead atoms. The molecule has 22 heavy (non-hydrogen) atoms. The van der Waals surface area contributed by atoms with Crippen molar-refractivity contribution in [2.24, 2.45) is 0 Å². The molecule has 2 aromatic heterocycles. The Labute approximate surface area is 134 Å². The topological polar surface area (TPSA) is 38.7 Å². The largest absolute Gasteiger partial charge is 0.255 e. The molecule has 0 amide bonds. The fourth-order valence-electron chi connectivity index (χ4n) is 2.10. The molecular weight excluding hydrogens is 290 g/mol. The van der Waals surface area contributed by atoms with Crippen molar-refractivity contribution in [3.05, 3.63) is 71.7 Å². The second-order valence-corrected chi connectivity index (χ2v) is 6.12. The molecule has 0 unspecified atom stereocenters. The third-order valence-electron chi connectivity index (χ3n) is 3.25. The standard InChI is InChI=1S/C18H17N3S/c1-13-6-8-15(9-7-13)12-22-18-11-17(20-14(2)21-18)16-5-3-4-10-19-16/h3-11H,12H2,1-2H3. The maximum atomic E-state index is 4.52. The Balaban J connectivity index is 1.79. The van der Waals surface area contributed by atoms with Crippen molar-refractivity contribution in [3.63, 3.8) is 0 Å². The lowest BCUT2D eigenvalue weighted by molar-refractivity contribution is 0.968. The lowest BCUT2D eigenvalue weighted by atomic mass is 10.2. The molecule has 0 saturated carbocycles. The van der Waals surface area contributed by atoms with E-state index in [4.69, 9.17) is 0 Å². The molecule has 0 fully saturated rings. The van der Waals surface area contributed by atoms with Gasteiger partial charge >= 0.3 is 0 Å². The highest BCUT2D eigenvalue weighted by atomic mass is 32.2. The minimum atomic E-state index is 0.773. The first-order valence-electron chi connectivity index (χ1n) is 7.16. The summed E-state index contributed by atoms with van der Waals surface area (Å²) in [5, 5.41) is 0.980. The first-order valence-corrected chi connectivity index (χ1v) is 8.15. The molecule has 0 aliphatic rings. The number of hydrogen-bond acceptors (Lipinski definition) is 4. The average Bonchev–Trinajstić information content (AvgIpc) is 2.55. The maximum absolute atomic E-state index is 4.52. The second-order valence-electron chi connectivity index (χ2n) is 5.13. The number of hydrogen-bond donors (Lipinski definition) is 0. The van der Waals surface area contributed by atoms with Crippen LogP contribution >= 0.6 is 11.8 Å². The van der Waals surface area contributed by atoms with Crippen molar-refractivity contribution in [3.8, 4) is 11.4 Å². The highest BCUT2D eigenvalue weighted by Gasteiger charge is 2.06. The van der Waals surface area contributed by atoms with E-state index in [-0.39, 0.29) is 0 Å². The normalized spacial score (nSPS) is 10.6. The summed E-state index contributed by atoms with van der Waals surface area (Å²) < 4.78 is 0. The minimum absolute atomic E-state index is 0.773. The quantitative estimate of drug-likeness (QED) is 0.527. The number of pyridine rings is 1. The van der Waals surface area contributed by atoms with Crippen LogP contribution in [0.3, 0.4) is 0 Å². The molecule has 0 aliphatic heterocycles. The number of thioether (sulfide) groups is 1. The van der Waals surface area contributed by atoms with E-state index in [1.165, 1.54) is 11.1 Å². The van der Waals surface area contributed by atoms with Crippen molar-refractivity contribution in [1.29, 1.82) is 0 Å². The minimum Gasteiger partial charge on any atom is -0.255 e. The first kappa shape index (κ1) is 14.7. The summed E-state index contributed by atoms with van der Waals surface area (Å²) in [7, 11) is 0. The van der Waals surface area contributed by atoms with Gasteiger partial charge in [-0.3, -0.25) is 4.98 Å². The smallest absolute Gasteiger partial charge is 0.127 e. The number of nitrogens with zero attached hydrogens (tertiary/aromatic N) is 3. The van der Waals surface area contributed by atoms with Crippen molar-refractivity contribution < 1.29 is 0 Å². The fourth-order valence-corrected chi connectivity index (χ4v) is 3.00. The van der Waals surface area contributed by atoms with E-state index in [9.17, 15) is 0 Å². The van der Waals surface area contributed by atoms with Gasteiger partial charge in [-0.15, -0.1) is 11.8 Å². The lowest BCUT2D eigenvalue weighted by Crippen LogP contribution is -1.95.